The second-order valence-corrected chi connectivity index (χ2v) is 10.1. The molecule has 0 spiro atoms. The molecule has 1 saturated carbocycles. The van der Waals surface area contributed by atoms with Crippen molar-refractivity contribution in [2.24, 2.45) is 0 Å². The summed E-state index contributed by atoms with van der Waals surface area (Å²) in [5.41, 5.74) is 3.92. The maximum atomic E-state index is 5.77. The Morgan fingerprint density at radius 1 is 0.971 bits per heavy atom. The van der Waals surface area contributed by atoms with Crippen molar-refractivity contribution in [3.8, 4) is 5.75 Å². The van der Waals surface area contributed by atoms with Gasteiger partial charge in [-0.3, -0.25) is 4.90 Å². The van der Waals surface area contributed by atoms with Crippen molar-refractivity contribution in [2.45, 2.75) is 37.8 Å². The van der Waals surface area contributed by atoms with Gasteiger partial charge in [0.2, 0.25) is 5.95 Å². The van der Waals surface area contributed by atoms with Crippen LogP contribution < -0.4 is 20.3 Å². The SMILES string of the molecule is COc1cc(N2CCC(N3CCN(C)CC3)CC2)ccc1Nc1nc(NC2CC2)c2[nH]ccc2n1. The number of hydrogen-bond donors (Lipinski definition) is 3. The van der Waals surface area contributed by atoms with Crippen LogP contribution in [-0.2, 0) is 0 Å². The van der Waals surface area contributed by atoms with Crippen molar-refractivity contribution in [1.29, 1.82) is 0 Å². The minimum atomic E-state index is 0.512. The Hall–Kier alpha value is -3.04. The van der Waals surface area contributed by atoms with E-state index in [4.69, 9.17) is 14.7 Å². The predicted molar refractivity (Wildman–Crippen MR) is 141 cm³/mol. The number of aromatic nitrogens is 3. The Balaban J connectivity index is 1.14. The largest absolute Gasteiger partial charge is 0.494 e. The third kappa shape index (κ3) is 4.88. The van der Waals surface area contributed by atoms with E-state index in [9.17, 15) is 0 Å². The number of fused-ring (bicyclic) bond motifs is 1. The number of piperazine rings is 1. The zero-order valence-corrected chi connectivity index (χ0v) is 20.8. The number of hydrogen-bond acceptors (Lipinski definition) is 8. The van der Waals surface area contributed by atoms with Crippen LogP contribution in [0.5, 0.6) is 5.75 Å². The molecule has 186 valence electrons. The van der Waals surface area contributed by atoms with Crippen LogP contribution in [0.2, 0.25) is 0 Å². The molecule has 0 amide bonds. The summed E-state index contributed by atoms with van der Waals surface area (Å²) in [6.45, 7) is 6.93. The number of H-pyrrole nitrogens is 1. The lowest BCUT2D eigenvalue weighted by atomic mass is 10.0. The Morgan fingerprint density at radius 3 is 2.51 bits per heavy atom. The fourth-order valence-corrected chi connectivity index (χ4v) is 5.30. The van der Waals surface area contributed by atoms with Gasteiger partial charge in [-0.15, -0.1) is 0 Å². The molecule has 3 fully saturated rings. The third-order valence-electron chi connectivity index (χ3n) is 7.64. The molecule has 3 aliphatic rings. The highest BCUT2D eigenvalue weighted by Crippen LogP contribution is 2.34. The van der Waals surface area contributed by atoms with Gasteiger partial charge in [-0.2, -0.15) is 4.98 Å². The molecule has 9 heteroatoms. The maximum absolute atomic E-state index is 5.77. The van der Waals surface area contributed by atoms with E-state index in [1.54, 1.807) is 7.11 Å². The van der Waals surface area contributed by atoms with Crippen LogP contribution in [0.4, 0.5) is 23.1 Å². The quantitative estimate of drug-likeness (QED) is 0.478. The number of aromatic amines is 1. The number of nitrogens with one attached hydrogen (secondary N) is 3. The second-order valence-electron chi connectivity index (χ2n) is 10.1. The van der Waals surface area contributed by atoms with Crippen LogP contribution in [0.3, 0.4) is 0 Å². The van der Waals surface area contributed by atoms with Crippen LogP contribution in [0, 0.1) is 0 Å². The molecule has 35 heavy (non-hydrogen) atoms. The summed E-state index contributed by atoms with van der Waals surface area (Å²) in [5, 5.41) is 6.91. The molecule has 3 aromatic rings. The van der Waals surface area contributed by atoms with Gasteiger partial charge in [0.05, 0.1) is 18.3 Å². The Kier molecular flexibility index (Phi) is 6.12. The summed E-state index contributed by atoms with van der Waals surface area (Å²) in [7, 11) is 3.95. The molecule has 0 atom stereocenters. The minimum absolute atomic E-state index is 0.512. The molecule has 0 bridgehead atoms. The number of piperidine rings is 1. The van der Waals surface area contributed by atoms with E-state index in [0.717, 1.165) is 41.4 Å². The lowest BCUT2D eigenvalue weighted by Gasteiger charge is -2.42. The monoisotopic (exact) mass is 476 g/mol. The molecule has 1 aromatic carbocycles. The highest BCUT2D eigenvalue weighted by atomic mass is 16.5. The molecule has 6 rings (SSSR count). The van der Waals surface area contributed by atoms with Gasteiger partial charge in [-0.05, 0) is 50.9 Å². The van der Waals surface area contributed by atoms with Crippen LogP contribution >= 0.6 is 0 Å². The van der Waals surface area contributed by atoms with Gasteiger partial charge >= 0.3 is 0 Å². The summed E-state index contributed by atoms with van der Waals surface area (Å²) in [6, 6.07) is 9.60. The van der Waals surface area contributed by atoms with E-state index in [2.05, 4.69) is 55.6 Å². The number of methoxy groups -OCH3 is 1. The van der Waals surface area contributed by atoms with Crippen LogP contribution in [0.25, 0.3) is 11.0 Å². The first-order chi connectivity index (χ1) is 17.2. The van der Waals surface area contributed by atoms with Crippen LogP contribution in [-0.4, -0.2) is 90.3 Å². The Labute approximate surface area is 206 Å². The molecule has 4 heterocycles. The Bertz CT molecular complexity index is 1160. The topological polar surface area (TPSA) is 84.6 Å². The molecule has 2 aromatic heterocycles. The predicted octanol–water partition coefficient (Wildman–Crippen LogP) is 3.50. The first kappa shape index (κ1) is 22.4. The molecular weight excluding hydrogens is 440 g/mol. The maximum Gasteiger partial charge on any atom is 0.229 e. The van der Waals surface area contributed by atoms with Gasteiger partial charge in [0.25, 0.3) is 0 Å². The van der Waals surface area contributed by atoms with Crippen molar-refractivity contribution < 1.29 is 4.74 Å². The van der Waals surface area contributed by atoms with Crippen molar-refractivity contribution in [2.75, 3.05) is 69.0 Å². The average molecular weight is 477 g/mol. The van der Waals surface area contributed by atoms with Crippen LogP contribution in [0.15, 0.2) is 30.5 Å². The van der Waals surface area contributed by atoms with E-state index in [1.807, 2.05) is 12.3 Å². The molecule has 0 radical (unpaired) electrons. The first-order valence-corrected chi connectivity index (χ1v) is 12.9. The van der Waals surface area contributed by atoms with E-state index < -0.39 is 0 Å². The first-order valence-electron chi connectivity index (χ1n) is 12.9. The van der Waals surface area contributed by atoms with E-state index in [1.165, 1.54) is 57.5 Å². The van der Waals surface area contributed by atoms with Gasteiger partial charge in [-0.1, -0.05) is 0 Å². The van der Waals surface area contributed by atoms with Crippen LogP contribution in [0.1, 0.15) is 25.7 Å². The summed E-state index contributed by atoms with van der Waals surface area (Å²) in [4.78, 5) is 20.3. The van der Waals surface area contributed by atoms with E-state index in [0.29, 0.717) is 18.0 Å². The molecule has 0 unspecified atom stereocenters. The number of anilines is 4. The van der Waals surface area contributed by atoms with Gasteiger partial charge in [0.15, 0.2) is 5.82 Å². The van der Waals surface area contributed by atoms with Gasteiger partial charge in [0.1, 0.15) is 11.3 Å². The van der Waals surface area contributed by atoms with E-state index in [-0.39, 0.29) is 0 Å². The van der Waals surface area contributed by atoms with Crippen molar-refractivity contribution in [1.82, 2.24) is 24.8 Å². The zero-order chi connectivity index (χ0) is 23.8. The number of ether oxygens (including phenoxy) is 1. The lowest BCUT2D eigenvalue weighted by Crippen LogP contribution is -2.52. The molecular formula is C26H36N8O. The Morgan fingerprint density at radius 2 is 1.77 bits per heavy atom. The summed E-state index contributed by atoms with van der Waals surface area (Å²) in [6.07, 6.45) is 6.72. The normalized spacial score (nSPS) is 20.3. The highest BCUT2D eigenvalue weighted by molar-refractivity contribution is 5.87. The summed E-state index contributed by atoms with van der Waals surface area (Å²) < 4.78 is 5.77. The molecule has 2 aliphatic heterocycles. The molecule has 2 saturated heterocycles. The number of likely N-dealkylation sites (N-methyl/N-ethyl adjacent to an activating group) is 1. The molecule has 3 N–H and O–H groups in total. The van der Waals surface area contributed by atoms with Crippen molar-refractivity contribution in [3.63, 3.8) is 0 Å². The smallest absolute Gasteiger partial charge is 0.229 e. The lowest BCUT2D eigenvalue weighted by molar-refractivity contribution is 0.0982. The minimum Gasteiger partial charge on any atom is -0.494 e. The second kappa shape index (κ2) is 9.54. The number of rotatable bonds is 7. The number of nitrogens with zero attached hydrogens (tertiary/aromatic N) is 5. The van der Waals surface area contributed by atoms with Crippen molar-refractivity contribution in [3.05, 3.63) is 30.5 Å². The fraction of sp³-hybridized carbons (Fsp3) is 0.538. The standard InChI is InChI=1S/C26H36N8O/c1-32-13-15-34(16-14-32)19-8-11-33(12-9-19)20-5-6-21(23(17-20)35-2)29-26-30-22-7-10-27-24(22)25(31-26)28-18-3-4-18/h5-7,10,17-19,27H,3-4,8-9,11-16H2,1-2H3,(H2,28,29,30,31). The zero-order valence-electron chi connectivity index (χ0n) is 20.8. The fourth-order valence-electron chi connectivity index (χ4n) is 5.30. The molecule has 9 nitrogen and oxygen atoms in total. The van der Waals surface area contributed by atoms with E-state index >= 15 is 0 Å². The summed E-state index contributed by atoms with van der Waals surface area (Å²) in [5.74, 6) is 2.22. The van der Waals surface area contributed by atoms with Gasteiger partial charge in [-0.25, -0.2) is 4.98 Å². The third-order valence-corrected chi connectivity index (χ3v) is 7.64. The average Bonchev–Trinajstić information content (AvgIpc) is 3.57. The van der Waals surface area contributed by atoms with Gasteiger partial charge < -0.3 is 30.2 Å². The molecule has 1 aliphatic carbocycles. The summed E-state index contributed by atoms with van der Waals surface area (Å²) >= 11 is 0. The highest BCUT2D eigenvalue weighted by Gasteiger charge is 2.27. The van der Waals surface area contributed by atoms with Gasteiger partial charge in [0, 0.05) is 69.3 Å². The number of benzene rings is 1. The van der Waals surface area contributed by atoms with Crippen molar-refractivity contribution >= 4 is 34.2 Å².